The van der Waals surface area contributed by atoms with E-state index in [4.69, 9.17) is 4.74 Å². The number of nitrogens with zero attached hydrogens (tertiary/aromatic N) is 1. The first-order chi connectivity index (χ1) is 16.2. The summed E-state index contributed by atoms with van der Waals surface area (Å²) in [7, 11) is 1.73. The molecular formula is C28H51N3O4. The van der Waals surface area contributed by atoms with Gasteiger partial charge < -0.3 is 20.3 Å². The molecule has 0 aromatic rings. The van der Waals surface area contributed by atoms with Crippen LogP contribution in [0.2, 0.25) is 0 Å². The summed E-state index contributed by atoms with van der Waals surface area (Å²) in [6.07, 6.45) is 3.90. The third kappa shape index (κ3) is 9.10. The monoisotopic (exact) mass is 493 g/mol. The van der Waals surface area contributed by atoms with Crippen molar-refractivity contribution in [1.29, 1.82) is 0 Å². The second kappa shape index (κ2) is 15.1. The fourth-order valence-electron chi connectivity index (χ4n) is 4.00. The Bertz CT molecular complexity index is 777. The predicted octanol–water partition coefficient (Wildman–Crippen LogP) is 4.77. The number of amides is 2. The topological polar surface area (TPSA) is 87.7 Å². The van der Waals surface area contributed by atoms with Crippen LogP contribution in [0.4, 0.5) is 0 Å². The van der Waals surface area contributed by atoms with Gasteiger partial charge in [-0.2, -0.15) is 0 Å². The minimum Gasteiger partial charge on any atom is -0.463 e. The van der Waals surface area contributed by atoms with Crippen molar-refractivity contribution in [3.8, 4) is 0 Å². The molecule has 7 heteroatoms. The first kappa shape index (κ1) is 32.8. The molecular weight excluding hydrogens is 442 g/mol. The van der Waals surface area contributed by atoms with Crippen molar-refractivity contribution < 1.29 is 19.1 Å². The highest BCUT2D eigenvalue weighted by Gasteiger charge is 2.39. The highest BCUT2D eigenvalue weighted by atomic mass is 16.5. The Hall–Kier alpha value is -2.15. The zero-order valence-corrected chi connectivity index (χ0v) is 24.3. The Morgan fingerprint density at radius 1 is 0.971 bits per heavy atom. The van der Waals surface area contributed by atoms with E-state index >= 15 is 0 Å². The van der Waals surface area contributed by atoms with E-state index < -0.39 is 17.6 Å². The van der Waals surface area contributed by atoms with Gasteiger partial charge in [0.15, 0.2) is 0 Å². The molecule has 0 aliphatic carbocycles. The molecule has 0 radical (unpaired) electrons. The molecule has 0 aromatic carbocycles. The summed E-state index contributed by atoms with van der Waals surface area (Å²) in [4.78, 5) is 41.3. The van der Waals surface area contributed by atoms with Crippen molar-refractivity contribution in [3.05, 3.63) is 22.8 Å². The zero-order chi connectivity index (χ0) is 27.5. The molecule has 0 bridgehead atoms. The highest BCUT2D eigenvalue weighted by Crippen LogP contribution is 2.21. The molecule has 0 heterocycles. The lowest BCUT2D eigenvalue weighted by Crippen LogP contribution is -2.62. The summed E-state index contributed by atoms with van der Waals surface area (Å²) >= 11 is 0. The van der Waals surface area contributed by atoms with Crippen LogP contribution < -0.4 is 10.6 Å². The number of allylic oxidation sites excluding steroid dienone is 1. The number of carbonyl (C=O) groups is 3. The average Bonchev–Trinajstić information content (AvgIpc) is 2.82. The molecule has 7 nitrogen and oxygen atoms in total. The molecule has 2 amide bonds. The molecule has 3 atom stereocenters. The van der Waals surface area contributed by atoms with E-state index in [9.17, 15) is 14.4 Å². The molecule has 35 heavy (non-hydrogen) atoms. The van der Waals surface area contributed by atoms with Crippen molar-refractivity contribution in [2.75, 3.05) is 13.7 Å². The number of likely N-dealkylation sites (N-methyl/N-ethyl adjacent to an activating group) is 1. The maximum atomic E-state index is 13.8. The van der Waals surface area contributed by atoms with Gasteiger partial charge in [-0.25, -0.2) is 4.79 Å². The van der Waals surface area contributed by atoms with Crippen molar-refractivity contribution in [2.24, 2.45) is 5.92 Å². The van der Waals surface area contributed by atoms with E-state index in [-0.39, 0.29) is 29.8 Å². The predicted molar refractivity (Wildman–Crippen MR) is 144 cm³/mol. The van der Waals surface area contributed by atoms with E-state index in [1.165, 1.54) is 0 Å². The lowest BCUT2D eigenvalue weighted by Gasteiger charge is -2.38. The Balaban J connectivity index is 6.26. The van der Waals surface area contributed by atoms with Gasteiger partial charge in [0.2, 0.25) is 11.8 Å². The van der Waals surface area contributed by atoms with Crippen LogP contribution in [0.1, 0.15) is 95.4 Å². The number of hydrogen-bond donors (Lipinski definition) is 2. The second-order valence-corrected chi connectivity index (χ2v) is 10.1. The molecule has 0 saturated carbocycles. The minimum absolute atomic E-state index is 0.0501. The number of esters is 1. The van der Waals surface area contributed by atoms with Gasteiger partial charge in [-0.3, -0.25) is 9.59 Å². The summed E-state index contributed by atoms with van der Waals surface area (Å²) in [5.41, 5.74) is 1.49. The van der Waals surface area contributed by atoms with Crippen LogP contribution >= 0.6 is 0 Å². The highest BCUT2D eigenvalue weighted by molar-refractivity contribution is 5.94. The van der Waals surface area contributed by atoms with Gasteiger partial charge in [0.25, 0.3) is 0 Å². The van der Waals surface area contributed by atoms with E-state index in [1.54, 1.807) is 31.9 Å². The molecule has 0 saturated heterocycles. The van der Waals surface area contributed by atoms with Gasteiger partial charge in [-0.15, -0.1) is 0 Å². The molecule has 2 unspecified atom stereocenters. The number of rotatable bonds is 14. The van der Waals surface area contributed by atoms with Crippen LogP contribution in [-0.4, -0.2) is 60.0 Å². The van der Waals surface area contributed by atoms with E-state index in [1.807, 2.05) is 48.5 Å². The summed E-state index contributed by atoms with van der Waals surface area (Å²) in [5, 5.41) is 6.58. The number of hydrogen-bond acceptors (Lipinski definition) is 5. The van der Waals surface area contributed by atoms with Crippen LogP contribution in [0.15, 0.2) is 22.8 Å². The van der Waals surface area contributed by atoms with Crippen LogP contribution in [0.5, 0.6) is 0 Å². The Morgan fingerprint density at radius 2 is 1.51 bits per heavy atom. The quantitative estimate of drug-likeness (QED) is 0.207. The van der Waals surface area contributed by atoms with Crippen LogP contribution in [0, 0.1) is 5.92 Å². The van der Waals surface area contributed by atoms with E-state index in [0.29, 0.717) is 25.0 Å². The summed E-state index contributed by atoms with van der Waals surface area (Å²) in [5.74, 6) is -0.729. The molecule has 0 aliphatic heterocycles. The Labute approximate surface area is 214 Å². The maximum Gasteiger partial charge on any atom is 0.333 e. The summed E-state index contributed by atoms with van der Waals surface area (Å²) < 4.78 is 5.12. The smallest absolute Gasteiger partial charge is 0.333 e. The van der Waals surface area contributed by atoms with Gasteiger partial charge in [0.1, 0.15) is 6.04 Å². The Kier molecular flexibility index (Phi) is 14.1. The lowest BCUT2D eigenvalue weighted by molar-refractivity contribution is -0.139. The zero-order valence-electron chi connectivity index (χ0n) is 24.3. The first-order valence-electron chi connectivity index (χ1n) is 13.1. The third-order valence-corrected chi connectivity index (χ3v) is 7.02. The molecule has 0 aromatic heterocycles. The van der Waals surface area contributed by atoms with E-state index in [0.717, 1.165) is 17.6 Å². The number of carbonyl (C=O) groups excluding carboxylic acids is 3. The summed E-state index contributed by atoms with van der Waals surface area (Å²) in [6.45, 7) is 21.7. The molecule has 0 fully saturated rings. The average molecular weight is 494 g/mol. The molecule has 0 spiro atoms. The van der Waals surface area contributed by atoms with Crippen LogP contribution in [0.3, 0.4) is 0 Å². The fourth-order valence-corrected chi connectivity index (χ4v) is 4.00. The lowest BCUT2D eigenvalue weighted by atomic mass is 9.89. The van der Waals surface area contributed by atoms with Crippen molar-refractivity contribution >= 4 is 17.8 Å². The van der Waals surface area contributed by atoms with Gasteiger partial charge in [0, 0.05) is 18.7 Å². The standard InChI is InChI=1S/C28H51N3O4/c1-13-21(10)30-28(14-2,15-3)27(34)29-24(22(11)18(5)6)25(32)31(12)23(19(7)8)17-20(9)26(33)35-16-4/h17,19,21,23-24,30H,13-16H2,1-12H3,(H,29,34)/b20-17+/t21?,23-,24?/m1/s1. The number of nitrogens with one attached hydrogen (secondary N) is 2. The second-order valence-electron chi connectivity index (χ2n) is 10.1. The van der Waals surface area contributed by atoms with E-state index in [2.05, 4.69) is 24.5 Å². The first-order valence-corrected chi connectivity index (χ1v) is 13.1. The third-order valence-electron chi connectivity index (χ3n) is 7.02. The van der Waals surface area contributed by atoms with Crippen LogP contribution in [-0.2, 0) is 19.1 Å². The van der Waals surface area contributed by atoms with Crippen LogP contribution in [0.25, 0.3) is 0 Å². The van der Waals surface area contributed by atoms with Crippen molar-refractivity contribution in [1.82, 2.24) is 15.5 Å². The number of ether oxygens (including phenoxy) is 1. The van der Waals surface area contributed by atoms with Gasteiger partial charge in [0.05, 0.1) is 18.2 Å². The van der Waals surface area contributed by atoms with Gasteiger partial charge >= 0.3 is 5.97 Å². The summed E-state index contributed by atoms with van der Waals surface area (Å²) in [6, 6.07) is -0.966. The molecule has 0 aliphatic rings. The normalized spacial score (nSPS) is 14.7. The SMILES string of the molecule is CCOC(=O)/C(C)=C/[C@H](C(C)C)N(C)C(=O)C(NC(=O)C(CC)(CC)NC(C)CC)C(C)=C(C)C. The van der Waals surface area contributed by atoms with Crippen molar-refractivity contribution in [3.63, 3.8) is 0 Å². The molecule has 0 rings (SSSR count). The van der Waals surface area contributed by atoms with Gasteiger partial charge in [-0.05, 0) is 72.3 Å². The fraction of sp³-hybridized carbons (Fsp3) is 0.750. The Morgan fingerprint density at radius 3 is 1.91 bits per heavy atom. The minimum atomic E-state index is -0.800. The van der Waals surface area contributed by atoms with Gasteiger partial charge in [-0.1, -0.05) is 46.3 Å². The largest absolute Gasteiger partial charge is 0.463 e. The molecule has 202 valence electrons. The van der Waals surface area contributed by atoms with Crippen molar-refractivity contribution in [2.45, 2.75) is 119 Å². The maximum absolute atomic E-state index is 13.8. The molecule has 2 N–H and O–H groups in total.